The second-order valence-electron chi connectivity index (χ2n) is 7.14. The van der Waals surface area contributed by atoms with Crippen LogP contribution in [0.2, 0.25) is 0 Å². The van der Waals surface area contributed by atoms with Crippen LogP contribution in [0.3, 0.4) is 0 Å². The van der Waals surface area contributed by atoms with Crippen molar-refractivity contribution in [2.24, 2.45) is 5.92 Å². The topological polar surface area (TPSA) is 44.4 Å². The van der Waals surface area contributed by atoms with E-state index in [0.717, 1.165) is 36.4 Å². The van der Waals surface area contributed by atoms with Crippen LogP contribution in [0, 0.1) is 5.92 Å². The van der Waals surface area contributed by atoms with Crippen LogP contribution in [0.4, 0.5) is 10.5 Å². The first-order valence-electron chi connectivity index (χ1n) is 8.77. The molecule has 1 aliphatic carbocycles. The Morgan fingerprint density at radius 3 is 2.74 bits per heavy atom. The van der Waals surface area contributed by atoms with Gasteiger partial charge in [0.15, 0.2) is 0 Å². The standard InChI is InChI=1S/C19H31N3O/c1-5-16-10-6-7-11-17(16)21-18(23)20-14-19(22(3)4)12-8-9-15(2)13-19/h6-7,10-11,15H,5,8-9,12-14H2,1-4H3,(H2,20,21,23)/t15-,19-/m1/s1. The van der Waals surface area contributed by atoms with E-state index in [0.29, 0.717) is 6.54 Å². The summed E-state index contributed by atoms with van der Waals surface area (Å²) in [6.45, 7) is 5.11. The number of amides is 2. The molecule has 0 saturated heterocycles. The minimum Gasteiger partial charge on any atom is -0.336 e. The van der Waals surface area contributed by atoms with Gasteiger partial charge in [0.05, 0.1) is 0 Å². The van der Waals surface area contributed by atoms with Crippen LogP contribution in [0.1, 0.15) is 45.1 Å². The number of nitrogens with one attached hydrogen (secondary N) is 2. The highest BCUT2D eigenvalue weighted by atomic mass is 16.2. The van der Waals surface area contributed by atoms with E-state index in [4.69, 9.17) is 0 Å². The van der Waals surface area contributed by atoms with E-state index >= 15 is 0 Å². The molecule has 1 aromatic carbocycles. The Bertz CT molecular complexity index is 529. The number of para-hydroxylation sites is 1. The molecule has 1 aromatic rings. The zero-order valence-electron chi connectivity index (χ0n) is 15.0. The molecule has 0 aromatic heterocycles. The first-order valence-corrected chi connectivity index (χ1v) is 8.77. The third-order valence-corrected chi connectivity index (χ3v) is 5.24. The zero-order chi connectivity index (χ0) is 16.9. The summed E-state index contributed by atoms with van der Waals surface area (Å²) in [4.78, 5) is 14.6. The van der Waals surface area contributed by atoms with Crippen molar-refractivity contribution in [2.45, 2.75) is 51.5 Å². The normalized spacial score (nSPS) is 24.5. The Balaban J connectivity index is 1.97. The van der Waals surface area contributed by atoms with E-state index in [9.17, 15) is 4.79 Å². The first kappa shape index (κ1) is 17.8. The second-order valence-corrected chi connectivity index (χ2v) is 7.14. The zero-order valence-corrected chi connectivity index (χ0v) is 15.0. The quantitative estimate of drug-likeness (QED) is 0.865. The van der Waals surface area contributed by atoms with Crippen molar-refractivity contribution >= 4 is 11.7 Å². The van der Waals surface area contributed by atoms with Gasteiger partial charge in [-0.05, 0) is 50.9 Å². The molecule has 1 saturated carbocycles. The van der Waals surface area contributed by atoms with Crippen molar-refractivity contribution in [2.75, 3.05) is 26.0 Å². The SMILES string of the molecule is CCc1ccccc1NC(=O)NC[C@@]1(N(C)C)CCC[C@@H](C)C1. The molecule has 0 bridgehead atoms. The van der Waals surface area contributed by atoms with E-state index < -0.39 is 0 Å². The highest BCUT2D eigenvalue weighted by Gasteiger charge is 2.37. The number of anilines is 1. The van der Waals surface area contributed by atoms with Gasteiger partial charge >= 0.3 is 6.03 Å². The average Bonchev–Trinajstić information content (AvgIpc) is 2.53. The van der Waals surface area contributed by atoms with Gasteiger partial charge in [0.2, 0.25) is 0 Å². The van der Waals surface area contributed by atoms with Crippen molar-refractivity contribution in [1.29, 1.82) is 0 Å². The summed E-state index contributed by atoms with van der Waals surface area (Å²) in [5.41, 5.74) is 2.15. The summed E-state index contributed by atoms with van der Waals surface area (Å²) in [5.74, 6) is 0.719. The Morgan fingerprint density at radius 2 is 2.09 bits per heavy atom. The summed E-state index contributed by atoms with van der Waals surface area (Å²) in [5, 5.41) is 6.10. The smallest absolute Gasteiger partial charge is 0.319 e. The van der Waals surface area contributed by atoms with Gasteiger partial charge in [-0.15, -0.1) is 0 Å². The minimum atomic E-state index is -0.106. The molecule has 1 fully saturated rings. The third kappa shape index (κ3) is 4.47. The minimum absolute atomic E-state index is 0.0826. The van der Waals surface area contributed by atoms with Gasteiger partial charge in [-0.25, -0.2) is 4.79 Å². The lowest BCUT2D eigenvalue weighted by Gasteiger charge is -2.45. The van der Waals surface area contributed by atoms with Crippen molar-refractivity contribution in [1.82, 2.24) is 10.2 Å². The maximum absolute atomic E-state index is 12.3. The van der Waals surface area contributed by atoms with Crippen LogP contribution in [-0.4, -0.2) is 37.1 Å². The highest BCUT2D eigenvalue weighted by Crippen LogP contribution is 2.35. The highest BCUT2D eigenvalue weighted by molar-refractivity contribution is 5.90. The maximum atomic E-state index is 12.3. The number of hydrogen-bond donors (Lipinski definition) is 2. The molecule has 2 rings (SSSR count). The number of rotatable bonds is 5. The Kier molecular flexibility index (Phi) is 6.05. The van der Waals surface area contributed by atoms with Crippen LogP contribution in [0.25, 0.3) is 0 Å². The van der Waals surface area contributed by atoms with E-state index in [2.05, 4.69) is 49.5 Å². The average molecular weight is 317 g/mol. The van der Waals surface area contributed by atoms with Gasteiger partial charge < -0.3 is 15.5 Å². The molecule has 128 valence electrons. The fraction of sp³-hybridized carbons (Fsp3) is 0.632. The van der Waals surface area contributed by atoms with E-state index in [-0.39, 0.29) is 11.6 Å². The van der Waals surface area contributed by atoms with Gasteiger partial charge in [-0.1, -0.05) is 44.9 Å². The number of likely N-dealkylation sites (N-methyl/N-ethyl adjacent to an activating group) is 1. The number of hydrogen-bond acceptors (Lipinski definition) is 2. The molecule has 2 amide bonds. The summed E-state index contributed by atoms with van der Waals surface area (Å²) < 4.78 is 0. The largest absolute Gasteiger partial charge is 0.336 e. The number of benzene rings is 1. The summed E-state index contributed by atoms with van der Waals surface area (Å²) in [7, 11) is 4.26. The molecule has 2 atom stereocenters. The van der Waals surface area contributed by atoms with Crippen LogP contribution < -0.4 is 10.6 Å². The predicted molar refractivity (Wildman–Crippen MR) is 96.9 cm³/mol. The molecule has 0 spiro atoms. The lowest BCUT2D eigenvalue weighted by molar-refractivity contribution is 0.0779. The molecular formula is C19H31N3O. The monoisotopic (exact) mass is 317 g/mol. The molecule has 4 nitrogen and oxygen atoms in total. The third-order valence-electron chi connectivity index (χ3n) is 5.24. The Hall–Kier alpha value is -1.55. The molecule has 1 aliphatic rings. The number of nitrogens with zero attached hydrogens (tertiary/aromatic N) is 1. The fourth-order valence-corrected chi connectivity index (χ4v) is 3.72. The number of aryl methyl sites for hydroxylation is 1. The van der Waals surface area contributed by atoms with Gasteiger partial charge in [0.1, 0.15) is 0 Å². The van der Waals surface area contributed by atoms with Crippen molar-refractivity contribution in [3.8, 4) is 0 Å². The molecule has 0 heterocycles. The molecule has 0 radical (unpaired) electrons. The van der Waals surface area contributed by atoms with E-state index in [1.165, 1.54) is 12.8 Å². The Labute approximate surface area is 140 Å². The van der Waals surface area contributed by atoms with Crippen LogP contribution in [0.15, 0.2) is 24.3 Å². The van der Waals surface area contributed by atoms with Crippen molar-refractivity contribution in [3.05, 3.63) is 29.8 Å². The Morgan fingerprint density at radius 1 is 1.35 bits per heavy atom. The summed E-state index contributed by atoms with van der Waals surface area (Å²) >= 11 is 0. The lowest BCUT2D eigenvalue weighted by Crippen LogP contribution is -2.55. The molecule has 0 unspecified atom stereocenters. The van der Waals surface area contributed by atoms with Gasteiger partial charge in [0, 0.05) is 17.8 Å². The summed E-state index contributed by atoms with van der Waals surface area (Å²) in [6, 6.07) is 7.87. The molecular weight excluding hydrogens is 286 g/mol. The molecule has 2 N–H and O–H groups in total. The van der Waals surface area contributed by atoms with Crippen LogP contribution in [-0.2, 0) is 6.42 Å². The van der Waals surface area contributed by atoms with Crippen molar-refractivity contribution < 1.29 is 4.79 Å². The summed E-state index contributed by atoms with van der Waals surface area (Å²) in [6.07, 6.45) is 5.74. The maximum Gasteiger partial charge on any atom is 0.319 e. The lowest BCUT2D eigenvalue weighted by atomic mass is 9.75. The second kappa shape index (κ2) is 7.82. The van der Waals surface area contributed by atoms with E-state index in [1.807, 2.05) is 18.2 Å². The number of urea groups is 1. The molecule has 23 heavy (non-hydrogen) atoms. The van der Waals surface area contributed by atoms with Crippen LogP contribution in [0.5, 0.6) is 0 Å². The molecule has 0 aliphatic heterocycles. The fourth-order valence-electron chi connectivity index (χ4n) is 3.72. The van der Waals surface area contributed by atoms with Crippen LogP contribution >= 0.6 is 0 Å². The van der Waals surface area contributed by atoms with Crippen molar-refractivity contribution in [3.63, 3.8) is 0 Å². The van der Waals surface area contributed by atoms with Gasteiger partial charge in [-0.2, -0.15) is 0 Å². The number of carbonyl (C=O) groups is 1. The molecule has 4 heteroatoms. The van der Waals surface area contributed by atoms with E-state index in [1.54, 1.807) is 0 Å². The van der Waals surface area contributed by atoms with Gasteiger partial charge in [-0.3, -0.25) is 0 Å². The number of carbonyl (C=O) groups excluding carboxylic acids is 1. The predicted octanol–water partition coefficient (Wildman–Crippen LogP) is 3.88. The first-order chi connectivity index (χ1) is 11.0. The van der Waals surface area contributed by atoms with Gasteiger partial charge in [0.25, 0.3) is 0 Å².